The summed E-state index contributed by atoms with van der Waals surface area (Å²) in [6.45, 7) is 4.55. The van der Waals surface area contributed by atoms with Crippen molar-refractivity contribution in [3.8, 4) is 17.2 Å². The first-order valence-electron chi connectivity index (χ1n) is 8.63. The van der Waals surface area contributed by atoms with Crippen LogP contribution in [0.1, 0.15) is 18.9 Å². The van der Waals surface area contributed by atoms with Crippen LogP contribution in [0.3, 0.4) is 0 Å². The van der Waals surface area contributed by atoms with Crippen LogP contribution in [0, 0.1) is 6.92 Å². The fourth-order valence-corrected chi connectivity index (χ4v) is 2.97. The van der Waals surface area contributed by atoms with Gasteiger partial charge in [0.25, 0.3) is 0 Å². The topological polar surface area (TPSA) is 60.0 Å². The standard InChI is InChI=1S/C20H24N2O4/c1-5-15-12-22(16-10-13(2)6-8-17(16)26-15)20(23)21-14-7-9-18(24-3)19(11-14)25-4/h6-11,15H,5,12H2,1-4H3,(H,21,23). The zero-order valence-electron chi connectivity index (χ0n) is 15.5. The summed E-state index contributed by atoms with van der Waals surface area (Å²) in [6, 6.07) is 11.0. The van der Waals surface area contributed by atoms with Gasteiger partial charge in [-0.25, -0.2) is 4.79 Å². The van der Waals surface area contributed by atoms with E-state index in [1.165, 1.54) is 0 Å². The lowest BCUT2D eigenvalue weighted by molar-refractivity contribution is 0.188. The first kappa shape index (κ1) is 17.9. The molecule has 6 heteroatoms. The van der Waals surface area contributed by atoms with Crippen molar-refractivity contribution in [2.24, 2.45) is 0 Å². The molecule has 1 unspecified atom stereocenters. The van der Waals surface area contributed by atoms with Crippen molar-refractivity contribution >= 4 is 17.4 Å². The molecule has 0 spiro atoms. The third-order valence-corrected chi connectivity index (χ3v) is 4.42. The van der Waals surface area contributed by atoms with Crippen molar-refractivity contribution in [3.05, 3.63) is 42.0 Å². The van der Waals surface area contributed by atoms with Gasteiger partial charge in [0.05, 0.1) is 26.5 Å². The lowest BCUT2D eigenvalue weighted by atomic mass is 10.1. The number of fused-ring (bicyclic) bond motifs is 1. The molecule has 2 aromatic carbocycles. The van der Waals surface area contributed by atoms with Gasteiger partial charge in [0.15, 0.2) is 11.5 Å². The summed E-state index contributed by atoms with van der Waals surface area (Å²) in [4.78, 5) is 14.7. The fourth-order valence-electron chi connectivity index (χ4n) is 2.97. The van der Waals surface area contributed by atoms with E-state index in [9.17, 15) is 4.79 Å². The van der Waals surface area contributed by atoms with Gasteiger partial charge in [-0.2, -0.15) is 0 Å². The normalized spacial score (nSPS) is 15.7. The molecule has 3 rings (SSSR count). The molecule has 1 aliphatic rings. The molecule has 0 saturated carbocycles. The van der Waals surface area contributed by atoms with Crippen molar-refractivity contribution in [1.82, 2.24) is 0 Å². The Hall–Kier alpha value is -2.89. The van der Waals surface area contributed by atoms with E-state index < -0.39 is 0 Å². The molecule has 1 atom stereocenters. The highest BCUT2D eigenvalue weighted by molar-refractivity contribution is 6.03. The molecule has 1 aliphatic heterocycles. The van der Waals surface area contributed by atoms with Gasteiger partial charge >= 0.3 is 6.03 Å². The Labute approximate surface area is 153 Å². The fraction of sp³-hybridized carbons (Fsp3) is 0.350. The van der Waals surface area contributed by atoms with Gasteiger partial charge in [0.2, 0.25) is 0 Å². The Balaban J connectivity index is 1.86. The molecule has 1 heterocycles. The lowest BCUT2D eigenvalue weighted by Crippen LogP contribution is -2.45. The second kappa shape index (κ2) is 7.56. The Kier molecular flexibility index (Phi) is 5.21. The van der Waals surface area contributed by atoms with Crippen LogP contribution in [0.4, 0.5) is 16.2 Å². The first-order chi connectivity index (χ1) is 12.5. The lowest BCUT2D eigenvalue weighted by Gasteiger charge is -2.34. The minimum Gasteiger partial charge on any atom is -0.493 e. The van der Waals surface area contributed by atoms with Crippen LogP contribution in [0.15, 0.2) is 36.4 Å². The molecule has 0 saturated heterocycles. The van der Waals surface area contributed by atoms with E-state index in [1.54, 1.807) is 37.3 Å². The van der Waals surface area contributed by atoms with Crippen LogP contribution in [-0.4, -0.2) is 32.9 Å². The number of benzene rings is 2. The smallest absolute Gasteiger partial charge is 0.326 e. The summed E-state index contributed by atoms with van der Waals surface area (Å²) >= 11 is 0. The third kappa shape index (κ3) is 3.54. The van der Waals surface area contributed by atoms with Crippen molar-refractivity contribution in [3.63, 3.8) is 0 Å². The maximum atomic E-state index is 12.9. The zero-order chi connectivity index (χ0) is 18.7. The average molecular weight is 356 g/mol. The first-order valence-corrected chi connectivity index (χ1v) is 8.63. The van der Waals surface area contributed by atoms with E-state index in [-0.39, 0.29) is 12.1 Å². The molecule has 2 aromatic rings. The minimum absolute atomic E-state index is 0.0265. The van der Waals surface area contributed by atoms with E-state index in [2.05, 4.69) is 5.32 Å². The molecule has 26 heavy (non-hydrogen) atoms. The molecule has 1 N–H and O–H groups in total. The molecule has 6 nitrogen and oxygen atoms in total. The van der Waals surface area contributed by atoms with Gasteiger partial charge in [-0.15, -0.1) is 0 Å². The van der Waals surface area contributed by atoms with E-state index in [0.717, 1.165) is 23.4 Å². The summed E-state index contributed by atoms with van der Waals surface area (Å²) in [6.07, 6.45) is 0.800. The maximum Gasteiger partial charge on any atom is 0.326 e. The van der Waals surface area contributed by atoms with Crippen molar-refractivity contribution in [2.75, 3.05) is 31.0 Å². The number of amides is 2. The highest BCUT2D eigenvalue weighted by Gasteiger charge is 2.29. The summed E-state index contributed by atoms with van der Waals surface area (Å²) in [7, 11) is 3.14. The van der Waals surface area contributed by atoms with E-state index >= 15 is 0 Å². The second-order valence-electron chi connectivity index (χ2n) is 6.23. The number of carbonyl (C=O) groups is 1. The predicted molar refractivity (Wildman–Crippen MR) is 102 cm³/mol. The van der Waals surface area contributed by atoms with Crippen LogP contribution in [0.5, 0.6) is 17.2 Å². The quantitative estimate of drug-likeness (QED) is 0.891. The summed E-state index contributed by atoms with van der Waals surface area (Å²) in [5.74, 6) is 1.91. The van der Waals surface area contributed by atoms with Crippen LogP contribution < -0.4 is 24.4 Å². The number of urea groups is 1. The molecule has 2 amide bonds. The van der Waals surface area contributed by atoms with E-state index in [1.807, 2.05) is 32.0 Å². The van der Waals surface area contributed by atoms with Crippen LogP contribution in [-0.2, 0) is 0 Å². The molecular formula is C20H24N2O4. The number of anilines is 2. The number of carbonyl (C=O) groups excluding carboxylic acids is 1. The van der Waals surface area contributed by atoms with Crippen LogP contribution in [0.2, 0.25) is 0 Å². The van der Waals surface area contributed by atoms with Gasteiger partial charge in [0, 0.05) is 11.8 Å². The number of nitrogens with zero attached hydrogens (tertiary/aromatic N) is 1. The van der Waals surface area contributed by atoms with E-state index in [0.29, 0.717) is 23.7 Å². The van der Waals surface area contributed by atoms with Crippen molar-refractivity contribution in [1.29, 1.82) is 0 Å². The third-order valence-electron chi connectivity index (χ3n) is 4.42. The van der Waals surface area contributed by atoms with E-state index in [4.69, 9.17) is 14.2 Å². The second-order valence-corrected chi connectivity index (χ2v) is 6.23. The van der Waals surface area contributed by atoms with Gasteiger partial charge in [-0.3, -0.25) is 4.90 Å². The van der Waals surface area contributed by atoms with Crippen molar-refractivity contribution < 1.29 is 19.0 Å². The molecule has 0 fully saturated rings. The summed E-state index contributed by atoms with van der Waals surface area (Å²) in [5, 5.41) is 2.94. The minimum atomic E-state index is -0.203. The average Bonchev–Trinajstić information content (AvgIpc) is 2.66. The molecule has 0 radical (unpaired) electrons. The number of rotatable bonds is 4. The molecule has 138 valence electrons. The molecule has 0 bridgehead atoms. The number of nitrogens with one attached hydrogen (secondary N) is 1. The number of hydrogen-bond donors (Lipinski definition) is 1. The highest BCUT2D eigenvalue weighted by atomic mass is 16.5. The monoisotopic (exact) mass is 356 g/mol. The Morgan fingerprint density at radius 3 is 2.65 bits per heavy atom. The van der Waals surface area contributed by atoms with Crippen LogP contribution in [0.25, 0.3) is 0 Å². The van der Waals surface area contributed by atoms with Crippen molar-refractivity contribution in [2.45, 2.75) is 26.4 Å². The summed E-state index contributed by atoms with van der Waals surface area (Å²) in [5.41, 5.74) is 2.50. The van der Waals surface area contributed by atoms with Gasteiger partial charge in [-0.05, 0) is 43.2 Å². The van der Waals surface area contributed by atoms with Gasteiger partial charge < -0.3 is 19.5 Å². The predicted octanol–water partition coefficient (Wildman–Crippen LogP) is 4.22. The molecule has 0 aliphatic carbocycles. The number of ether oxygens (including phenoxy) is 3. The zero-order valence-corrected chi connectivity index (χ0v) is 15.5. The highest BCUT2D eigenvalue weighted by Crippen LogP contribution is 2.36. The number of aryl methyl sites for hydroxylation is 1. The number of hydrogen-bond acceptors (Lipinski definition) is 4. The SMILES string of the molecule is CCC1CN(C(=O)Nc2ccc(OC)c(OC)c2)c2cc(C)ccc2O1. The Bertz CT molecular complexity index is 806. The Morgan fingerprint density at radius 1 is 1.19 bits per heavy atom. The van der Waals surface area contributed by atoms with Crippen LogP contribution >= 0.6 is 0 Å². The summed E-state index contributed by atoms with van der Waals surface area (Å²) < 4.78 is 16.5. The van der Waals surface area contributed by atoms with Gasteiger partial charge in [-0.1, -0.05) is 13.0 Å². The maximum absolute atomic E-state index is 12.9. The molecule has 0 aromatic heterocycles. The Morgan fingerprint density at radius 2 is 1.96 bits per heavy atom. The van der Waals surface area contributed by atoms with Gasteiger partial charge in [0.1, 0.15) is 11.9 Å². The number of methoxy groups -OCH3 is 2. The molecular weight excluding hydrogens is 332 g/mol. The largest absolute Gasteiger partial charge is 0.493 e.